The number of esters is 1. The minimum absolute atomic E-state index is 0. The van der Waals surface area contributed by atoms with Crippen LogP contribution in [-0.4, -0.2) is 44.6 Å². The number of carbonyl (C=O) groups is 1. The number of nitrogens with zero attached hydrogens (tertiary/aromatic N) is 3. The van der Waals surface area contributed by atoms with Crippen molar-refractivity contribution in [2.24, 2.45) is 5.11 Å². The van der Waals surface area contributed by atoms with E-state index < -0.39 is 51.0 Å². The van der Waals surface area contributed by atoms with E-state index in [0.29, 0.717) is 0 Å². The third kappa shape index (κ3) is 24.6. The van der Waals surface area contributed by atoms with Crippen molar-refractivity contribution in [3.05, 3.63) is 10.4 Å². The van der Waals surface area contributed by atoms with Crippen molar-refractivity contribution >= 4 is 64.5 Å². The van der Waals surface area contributed by atoms with Gasteiger partial charge in [-0.25, -0.2) is 0 Å². The third-order valence-corrected chi connectivity index (χ3v) is 2.41. The van der Waals surface area contributed by atoms with E-state index in [-0.39, 0.29) is 27.0 Å². The van der Waals surface area contributed by atoms with E-state index in [1.165, 1.54) is 0 Å². The van der Waals surface area contributed by atoms with Crippen LogP contribution in [0.2, 0.25) is 19.6 Å². The zero-order valence-corrected chi connectivity index (χ0v) is 17.8. The van der Waals surface area contributed by atoms with Gasteiger partial charge in [0.05, 0.1) is 21.2 Å². The molecule has 0 aromatic heterocycles. The summed E-state index contributed by atoms with van der Waals surface area (Å²) < 4.78 is 82.8. The number of alkyl halides is 2. The quantitative estimate of drug-likeness (QED) is 0.140. The first-order valence-corrected chi connectivity index (χ1v) is 9.69. The summed E-state index contributed by atoms with van der Waals surface area (Å²) in [5.74, 6) is -6.61. The zero-order chi connectivity index (χ0) is 25.9. The fourth-order valence-corrected chi connectivity index (χ4v) is 1.69. The van der Waals surface area contributed by atoms with Crippen molar-refractivity contribution in [3.8, 4) is 0 Å². The van der Waals surface area contributed by atoms with Crippen LogP contribution in [0, 0.1) is 0 Å². The van der Waals surface area contributed by atoms with E-state index in [1.54, 1.807) is 19.6 Å². The Morgan fingerprint density at radius 3 is 2.04 bits per heavy atom. The van der Waals surface area contributed by atoms with Crippen LogP contribution in [0.1, 0.15) is 33.9 Å². The van der Waals surface area contributed by atoms with E-state index in [0.717, 1.165) is 13.8 Å². The molecule has 0 unspecified atom stereocenters. The summed E-state index contributed by atoms with van der Waals surface area (Å²) in [4.78, 5) is 12.9. The number of carbonyl (C=O) groups excluding carboxylic acids is 1. The molecule has 0 saturated heterocycles. The molecule has 23 heavy (non-hydrogen) atoms. The molecule has 140 valence electrons. The highest BCUT2D eigenvalue weighted by Gasteiger charge is 2.19. The molecule has 0 spiro atoms. The molecule has 0 rings (SSSR count). The summed E-state index contributed by atoms with van der Waals surface area (Å²) in [6, 6.07) is 0. The highest BCUT2D eigenvalue weighted by Crippen LogP contribution is 2.09. The number of halogens is 2. The highest BCUT2D eigenvalue weighted by atomic mass is 35.5. The van der Waals surface area contributed by atoms with Gasteiger partial charge in [-0.3, -0.25) is 4.79 Å². The maximum atomic E-state index is 10.6. The largest absolute Gasteiger partial charge is 0.461 e. The second-order valence-corrected chi connectivity index (χ2v) is 9.01. The Bertz CT molecular complexity index is 684. The van der Waals surface area contributed by atoms with E-state index in [1.807, 2.05) is 0 Å². The van der Waals surface area contributed by atoms with Crippen LogP contribution in [-0.2, 0) is 14.0 Å². The zero-order valence-electron chi connectivity index (χ0n) is 23.3. The number of ether oxygens (including phenoxy) is 1. The fourth-order valence-electron chi connectivity index (χ4n) is 0.698. The van der Waals surface area contributed by atoms with E-state index in [4.69, 9.17) is 46.9 Å². The van der Waals surface area contributed by atoms with Crippen LogP contribution in [0.4, 0.5) is 0 Å². The lowest BCUT2D eigenvalue weighted by molar-refractivity contribution is -0.145. The molecule has 0 N–H and O–H groups in total. The second-order valence-electron chi connectivity index (χ2n) is 4.21. The first-order chi connectivity index (χ1) is 13.2. The summed E-state index contributed by atoms with van der Waals surface area (Å²) in [6.07, 6.45) is -7.99. The highest BCUT2D eigenvalue weighted by molar-refractivity contribution is 7.59. The SMILES string of the molecule is S.S.[2H]C([2H])(C)[C@]([2H])(OC(C)=O)C([2H])([2H])Cl.[2H]C([2H])(Cl)[C@@]([2H])(O[Si](C)(C)C)C([2H])([2H])N=[N+]=[N-]. The molecule has 0 fully saturated rings. The van der Waals surface area contributed by atoms with Crippen LogP contribution >= 0.6 is 50.2 Å². The van der Waals surface area contributed by atoms with Gasteiger partial charge in [-0.2, -0.15) is 27.0 Å². The van der Waals surface area contributed by atoms with Gasteiger partial charge in [0.15, 0.2) is 8.32 Å². The van der Waals surface area contributed by atoms with Crippen LogP contribution in [0.25, 0.3) is 10.4 Å². The predicted octanol–water partition coefficient (Wildman–Crippen LogP) is 4.55. The van der Waals surface area contributed by atoms with Gasteiger partial charge in [0, 0.05) is 28.6 Å². The van der Waals surface area contributed by atoms with Gasteiger partial charge in [0.2, 0.25) is 0 Å². The average molecular weight is 437 g/mol. The molecule has 2 atom stereocenters. The Kier molecular flexibility index (Phi) is 10.9. The minimum Gasteiger partial charge on any atom is -0.461 e. The summed E-state index contributed by atoms with van der Waals surface area (Å²) in [5.41, 5.74) is 8.25. The lowest BCUT2D eigenvalue weighted by atomic mass is 10.3. The first-order valence-electron chi connectivity index (χ1n) is 10.5. The van der Waals surface area contributed by atoms with Crippen LogP contribution in [0.3, 0.4) is 0 Å². The maximum Gasteiger partial charge on any atom is 0.302 e. The minimum atomic E-state index is -2.92. The van der Waals surface area contributed by atoms with Gasteiger partial charge in [-0.1, -0.05) is 12.0 Å². The van der Waals surface area contributed by atoms with Gasteiger partial charge in [0.25, 0.3) is 0 Å². The van der Waals surface area contributed by atoms with Gasteiger partial charge in [0.1, 0.15) is 6.08 Å². The van der Waals surface area contributed by atoms with Gasteiger partial charge >= 0.3 is 5.97 Å². The Morgan fingerprint density at radius 2 is 1.83 bits per heavy atom. The molecule has 0 aromatic carbocycles. The summed E-state index contributed by atoms with van der Waals surface area (Å²) in [7, 11) is -2.48. The topological polar surface area (TPSA) is 84.3 Å². The Hall–Kier alpha value is 0.237. The van der Waals surface area contributed by atoms with Crippen LogP contribution < -0.4 is 0 Å². The molecule has 0 amide bonds. The molecule has 0 saturated carbocycles. The van der Waals surface area contributed by atoms with Gasteiger partial charge < -0.3 is 9.16 Å². The normalized spacial score (nSPS) is 23.8. The average Bonchev–Trinajstić information content (AvgIpc) is 2.41. The number of rotatable bonds is 8. The molecule has 0 aliphatic carbocycles. The van der Waals surface area contributed by atoms with E-state index >= 15 is 0 Å². The molecular weight excluding hydrogens is 397 g/mol. The fraction of sp³-hybridized carbons (Fsp3) is 0.917. The van der Waals surface area contributed by atoms with Crippen molar-refractivity contribution in [3.63, 3.8) is 0 Å². The number of hydrogen-bond acceptors (Lipinski definition) is 4. The summed E-state index contributed by atoms with van der Waals surface area (Å²) in [6.45, 7) is 3.88. The van der Waals surface area contributed by atoms with E-state index in [2.05, 4.69) is 14.8 Å². The van der Waals surface area contributed by atoms with Crippen LogP contribution in [0.5, 0.6) is 0 Å². The first kappa shape index (κ1) is 13.4. The van der Waals surface area contributed by atoms with Crippen molar-refractivity contribution in [2.75, 3.05) is 18.2 Å². The molecule has 0 aromatic rings. The number of azide groups is 1. The summed E-state index contributed by atoms with van der Waals surface area (Å²) >= 11 is 10.6. The molecule has 0 bridgehead atoms. The smallest absolute Gasteiger partial charge is 0.302 e. The molecule has 6 nitrogen and oxygen atoms in total. The van der Waals surface area contributed by atoms with Crippen LogP contribution in [0.15, 0.2) is 5.11 Å². The van der Waals surface area contributed by atoms with Gasteiger partial charge in [-0.05, 0) is 31.5 Å². The molecule has 11 heteroatoms. The van der Waals surface area contributed by atoms with Crippen molar-refractivity contribution in [1.29, 1.82) is 0 Å². The third-order valence-electron chi connectivity index (χ3n) is 1.25. The van der Waals surface area contributed by atoms with Gasteiger partial charge in [-0.15, -0.1) is 23.2 Å². The molecule has 0 heterocycles. The van der Waals surface area contributed by atoms with Crippen molar-refractivity contribution in [2.45, 2.75) is 52.0 Å². The molecule has 0 radical (unpaired) electrons. The lowest BCUT2D eigenvalue weighted by Gasteiger charge is -2.23. The molecule has 0 aliphatic rings. The monoisotopic (exact) mass is 435 g/mol. The molecule has 0 aliphatic heterocycles. The number of hydrogen-bond donors (Lipinski definition) is 0. The second kappa shape index (κ2) is 18.6. The predicted molar refractivity (Wildman–Crippen MR) is 110 cm³/mol. The van der Waals surface area contributed by atoms with E-state index in [9.17, 15) is 4.79 Å². The van der Waals surface area contributed by atoms with Crippen molar-refractivity contribution < 1.29 is 27.7 Å². The Labute approximate surface area is 178 Å². The molecular formula is C12H29Cl2N3O3S2Si. The standard InChI is InChI=1S/C6H14ClN3OSi.C6H11ClO2.2H2S/c1-12(2,3)11-6(4-7)5-9-10-8;1-3-6(4-7)9-5(2)8;;/h6H,4-5H2,1-3H3;6H,3-4H2,1-2H3;2*1H2/t2*6-;;/m10../s1/i4D2,5D2,6D;3D2,4D2,6D;;. The maximum absolute atomic E-state index is 10.6. The lowest BCUT2D eigenvalue weighted by Crippen LogP contribution is -2.34. The van der Waals surface area contributed by atoms with Crippen molar-refractivity contribution in [1.82, 2.24) is 0 Å². The Morgan fingerprint density at radius 1 is 1.35 bits per heavy atom. The summed E-state index contributed by atoms with van der Waals surface area (Å²) in [5, 5.41) is 2.78. The Balaban J connectivity index is -0.000000244.